The van der Waals surface area contributed by atoms with Crippen LogP contribution in [-0.2, 0) is 4.74 Å². The molecule has 0 amide bonds. The number of hydrogen-bond acceptors (Lipinski definition) is 3. The first-order valence-corrected chi connectivity index (χ1v) is 6.51. The highest BCUT2D eigenvalue weighted by atomic mass is 16.5. The number of benzene rings is 2. The monoisotopic (exact) mass is 279 g/mol. The average Bonchev–Trinajstić information content (AvgIpc) is 2.55. The number of ether oxygens (including phenoxy) is 1. The minimum absolute atomic E-state index is 0.121. The number of carbonyl (C=O) groups is 1. The Morgan fingerprint density at radius 3 is 2.38 bits per heavy atom. The zero-order valence-corrected chi connectivity index (χ0v) is 11.4. The number of para-hydroxylation sites is 1. The lowest BCUT2D eigenvalue weighted by atomic mass is 10.1. The van der Waals surface area contributed by atoms with Gasteiger partial charge in [0.2, 0.25) is 0 Å². The highest BCUT2D eigenvalue weighted by molar-refractivity contribution is 5.92. The first-order valence-electron chi connectivity index (χ1n) is 6.51. The maximum atomic E-state index is 12.3. The predicted molar refractivity (Wildman–Crippen MR) is 81.4 cm³/mol. The molecule has 1 heterocycles. The number of carbonyl (C=O) groups excluding carboxylic acids is 1. The molecule has 0 aliphatic carbocycles. The van der Waals surface area contributed by atoms with E-state index in [0.717, 1.165) is 5.56 Å². The third-order valence-electron chi connectivity index (χ3n) is 3.35. The molecule has 0 aliphatic rings. The highest BCUT2D eigenvalue weighted by Crippen LogP contribution is 2.22. The van der Waals surface area contributed by atoms with Crippen molar-refractivity contribution in [1.29, 1.82) is 0 Å². The Balaban J connectivity index is 2.44. The molecule has 3 aromatic rings. The summed E-state index contributed by atoms with van der Waals surface area (Å²) < 4.78 is 6.29. The Labute approximate surface area is 121 Å². The third-order valence-corrected chi connectivity index (χ3v) is 3.35. The number of aromatic nitrogens is 1. The van der Waals surface area contributed by atoms with Crippen LogP contribution in [0.2, 0.25) is 0 Å². The molecule has 3 rings (SSSR count). The van der Waals surface area contributed by atoms with Crippen molar-refractivity contribution in [2.75, 3.05) is 7.11 Å². The standard InChI is InChI=1S/C17H13NO3/c1-21-17(20)18-14-10-6-5-9-13(14)16(19)11-15(18)12-7-3-2-4-8-12/h2-11H,1H3. The average molecular weight is 279 g/mol. The fourth-order valence-corrected chi connectivity index (χ4v) is 2.38. The zero-order valence-electron chi connectivity index (χ0n) is 11.4. The molecule has 2 aromatic carbocycles. The molecule has 0 N–H and O–H groups in total. The normalized spacial score (nSPS) is 10.5. The SMILES string of the molecule is COC(=O)n1c(-c2ccccc2)cc(=O)c2ccccc21. The lowest BCUT2D eigenvalue weighted by molar-refractivity contribution is 0.174. The molecule has 4 nitrogen and oxygen atoms in total. The summed E-state index contributed by atoms with van der Waals surface area (Å²) in [6.07, 6.45) is -0.523. The number of fused-ring (bicyclic) bond motifs is 1. The van der Waals surface area contributed by atoms with Crippen molar-refractivity contribution in [2.45, 2.75) is 0 Å². The van der Waals surface area contributed by atoms with E-state index in [2.05, 4.69) is 0 Å². The van der Waals surface area contributed by atoms with Crippen LogP contribution in [0, 0.1) is 0 Å². The van der Waals surface area contributed by atoms with E-state index in [1.54, 1.807) is 24.3 Å². The summed E-state index contributed by atoms with van der Waals surface area (Å²) in [6.45, 7) is 0. The van der Waals surface area contributed by atoms with Gasteiger partial charge in [-0.2, -0.15) is 0 Å². The second kappa shape index (κ2) is 5.25. The maximum absolute atomic E-state index is 12.3. The maximum Gasteiger partial charge on any atom is 0.418 e. The van der Waals surface area contributed by atoms with Gasteiger partial charge in [0.1, 0.15) is 0 Å². The molecule has 4 heteroatoms. The van der Waals surface area contributed by atoms with Crippen molar-refractivity contribution in [3.8, 4) is 11.3 Å². The van der Waals surface area contributed by atoms with Crippen LogP contribution in [-0.4, -0.2) is 17.8 Å². The summed E-state index contributed by atoms with van der Waals surface area (Å²) >= 11 is 0. The largest absolute Gasteiger partial charge is 0.452 e. The number of rotatable bonds is 1. The molecule has 0 fully saturated rings. The third kappa shape index (κ3) is 2.21. The molecule has 104 valence electrons. The molecule has 0 unspecified atom stereocenters. The van der Waals surface area contributed by atoms with E-state index in [1.807, 2.05) is 30.3 Å². The van der Waals surface area contributed by atoms with Crippen molar-refractivity contribution < 1.29 is 9.53 Å². The lowest BCUT2D eigenvalue weighted by Gasteiger charge is -2.14. The summed E-state index contributed by atoms with van der Waals surface area (Å²) in [4.78, 5) is 24.4. The molecule has 0 spiro atoms. The van der Waals surface area contributed by atoms with E-state index in [9.17, 15) is 9.59 Å². The van der Waals surface area contributed by atoms with Crippen LogP contribution in [0.1, 0.15) is 0 Å². The predicted octanol–water partition coefficient (Wildman–Crippen LogP) is 3.28. The Kier molecular flexibility index (Phi) is 3.28. The van der Waals surface area contributed by atoms with Crippen LogP contribution in [0.3, 0.4) is 0 Å². The highest BCUT2D eigenvalue weighted by Gasteiger charge is 2.16. The zero-order chi connectivity index (χ0) is 14.8. The van der Waals surface area contributed by atoms with Crippen LogP contribution >= 0.6 is 0 Å². The Morgan fingerprint density at radius 1 is 1.00 bits per heavy atom. The van der Waals surface area contributed by atoms with Gasteiger partial charge in [0.25, 0.3) is 0 Å². The second-order valence-electron chi connectivity index (χ2n) is 4.58. The first kappa shape index (κ1) is 13.1. The first-order chi connectivity index (χ1) is 10.2. The molecule has 0 atom stereocenters. The molecule has 1 aromatic heterocycles. The van der Waals surface area contributed by atoms with Gasteiger partial charge in [-0.3, -0.25) is 4.79 Å². The van der Waals surface area contributed by atoms with Gasteiger partial charge < -0.3 is 4.74 Å². The van der Waals surface area contributed by atoms with Crippen LogP contribution in [0.15, 0.2) is 65.5 Å². The van der Waals surface area contributed by atoms with Gasteiger partial charge in [-0.05, 0) is 17.7 Å². The van der Waals surface area contributed by atoms with Gasteiger partial charge in [-0.15, -0.1) is 0 Å². The van der Waals surface area contributed by atoms with E-state index in [1.165, 1.54) is 17.7 Å². The molecule has 0 aliphatic heterocycles. The number of methoxy groups -OCH3 is 1. The fourth-order valence-electron chi connectivity index (χ4n) is 2.38. The van der Waals surface area contributed by atoms with E-state index < -0.39 is 6.09 Å². The second-order valence-corrected chi connectivity index (χ2v) is 4.58. The number of hydrogen-bond donors (Lipinski definition) is 0. The minimum Gasteiger partial charge on any atom is -0.452 e. The van der Waals surface area contributed by atoms with Crippen molar-refractivity contribution in [2.24, 2.45) is 0 Å². The molecule has 0 saturated heterocycles. The molecule has 0 saturated carbocycles. The van der Waals surface area contributed by atoms with E-state index in [0.29, 0.717) is 16.6 Å². The van der Waals surface area contributed by atoms with Crippen molar-refractivity contribution in [3.63, 3.8) is 0 Å². The van der Waals surface area contributed by atoms with Crippen molar-refractivity contribution in [3.05, 3.63) is 70.9 Å². The van der Waals surface area contributed by atoms with Gasteiger partial charge in [0, 0.05) is 11.5 Å². The van der Waals surface area contributed by atoms with Crippen LogP contribution < -0.4 is 5.43 Å². The van der Waals surface area contributed by atoms with E-state index in [4.69, 9.17) is 4.74 Å². The Hall–Kier alpha value is -2.88. The molecular formula is C17H13NO3. The number of nitrogens with zero attached hydrogens (tertiary/aromatic N) is 1. The van der Waals surface area contributed by atoms with Crippen LogP contribution in [0.4, 0.5) is 4.79 Å². The van der Waals surface area contributed by atoms with Gasteiger partial charge in [-0.1, -0.05) is 42.5 Å². The topological polar surface area (TPSA) is 48.3 Å². The molecule has 21 heavy (non-hydrogen) atoms. The summed E-state index contributed by atoms with van der Waals surface area (Å²) in [7, 11) is 1.32. The van der Waals surface area contributed by atoms with E-state index >= 15 is 0 Å². The summed E-state index contributed by atoms with van der Waals surface area (Å²) in [5.74, 6) is 0. The summed E-state index contributed by atoms with van der Waals surface area (Å²) in [5.41, 5.74) is 1.72. The molecule has 0 radical (unpaired) electrons. The van der Waals surface area contributed by atoms with Gasteiger partial charge in [-0.25, -0.2) is 9.36 Å². The minimum atomic E-state index is -0.523. The quantitative estimate of drug-likeness (QED) is 0.686. The van der Waals surface area contributed by atoms with Gasteiger partial charge in [0.05, 0.1) is 18.3 Å². The van der Waals surface area contributed by atoms with Crippen molar-refractivity contribution in [1.82, 2.24) is 4.57 Å². The summed E-state index contributed by atoms with van der Waals surface area (Å²) in [5, 5.41) is 0.489. The van der Waals surface area contributed by atoms with E-state index in [-0.39, 0.29) is 5.43 Å². The Morgan fingerprint density at radius 2 is 1.67 bits per heavy atom. The van der Waals surface area contributed by atoms with Crippen LogP contribution in [0.5, 0.6) is 0 Å². The van der Waals surface area contributed by atoms with Gasteiger partial charge in [0.15, 0.2) is 5.43 Å². The lowest BCUT2D eigenvalue weighted by Crippen LogP contribution is -2.19. The fraction of sp³-hybridized carbons (Fsp3) is 0.0588. The van der Waals surface area contributed by atoms with Crippen molar-refractivity contribution >= 4 is 17.0 Å². The summed E-state index contributed by atoms with van der Waals surface area (Å²) in [6, 6.07) is 17.8. The molecular weight excluding hydrogens is 266 g/mol. The Bertz CT molecular complexity index is 866. The van der Waals surface area contributed by atoms with Crippen LogP contribution in [0.25, 0.3) is 22.2 Å². The molecule has 0 bridgehead atoms. The smallest absolute Gasteiger partial charge is 0.418 e. The van der Waals surface area contributed by atoms with Gasteiger partial charge >= 0.3 is 6.09 Å². The number of pyridine rings is 1.